The van der Waals surface area contributed by atoms with Crippen molar-refractivity contribution in [3.05, 3.63) is 27.9 Å². The van der Waals surface area contributed by atoms with Crippen molar-refractivity contribution in [2.24, 2.45) is 7.05 Å². The van der Waals surface area contributed by atoms with Crippen molar-refractivity contribution < 1.29 is 5.11 Å². The van der Waals surface area contributed by atoms with Gasteiger partial charge in [0, 0.05) is 13.1 Å². The minimum Gasteiger partial charge on any atom is -0.506 e. The van der Waals surface area contributed by atoms with Crippen molar-refractivity contribution in [2.75, 3.05) is 0 Å². The fourth-order valence-electron chi connectivity index (χ4n) is 1.16. The molecule has 0 amide bonds. The van der Waals surface area contributed by atoms with Crippen LogP contribution in [0.15, 0.2) is 22.3 Å². The van der Waals surface area contributed by atoms with E-state index in [1.165, 1.54) is 22.0 Å². The van der Waals surface area contributed by atoms with E-state index in [0.29, 0.717) is 0 Å². The number of hydrogen-bond donors (Lipinski definition) is 1. The molecule has 0 saturated heterocycles. The van der Waals surface area contributed by atoms with E-state index in [9.17, 15) is 9.90 Å². The highest BCUT2D eigenvalue weighted by molar-refractivity contribution is 7.17. The van der Waals surface area contributed by atoms with Crippen LogP contribution in [0.25, 0.3) is 10.2 Å². The molecule has 1 N–H and O–H groups in total. The Hall–Kier alpha value is -1.29. The Morgan fingerprint density at radius 2 is 2.33 bits per heavy atom. The van der Waals surface area contributed by atoms with Crippen molar-refractivity contribution >= 4 is 21.6 Å². The molecule has 0 fully saturated rings. The third kappa shape index (κ3) is 0.848. The highest BCUT2D eigenvalue weighted by Crippen LogP contribution is 2.26. The number of aromatic hydroxyl groups is 1. The molecule has 0 aromatic carbocycles. The van der Waals surface area contributed by atoms with Gasteiger partial charge in [-0.25, -0.2) is 0 Å². The predicted molar refractivity (Wildman–Crippen MR) is 48.7 cm³/mol. The van der Waals surface area contributed by atoms with Crippen LogP contribution in [0.5, 0.6) is 5.75 Å². The van der Waals surface area contributed by atoms with Crippen LogP contribution in [0, 0.1) is 0 Å². The van der Waals surface area contributed by atoms with Crippen LogP contribution >= 0.6 is 11.3 Å². The van der Waals surface area contributed by atoms with Crippen molar-refractivity contribution in [3.63, 3.8) is 0 Å². The minimum atomic E-state index is -0.182. The highest BCUT2D eigenvalue weighted by Gasteiger charge is 2.05. The van der Waals surface area contributed by atoms with Gasteiger partial charge >= 0.3 is 0 Å². The molecule has 0 aliphatic rings. The average Bonchev–Trinajstić information content (AvgIpc) is 2.48. The van der Waals surface area contributed by atoms with Gasteiger partial charge in [-0.1, -0.05) is 0 Å². The molecule has 2 aromatic heterocycles. The lowest BCUT2D eigenvalue weighted by Crippen LogP contribution is -2.14. The first-order valence-corrected chi connectivity index (χ1v) is 4.34. The van der Waals surface area contributed by atoms with Gasteiger partial charge in [0.1, 0.15) is 5.75 Å². The van der Waals surface area contributed by atoms with E-state index in [-0.39, 0.29) is 11.3 Å². The van der Waals surface area contributed by atoms with Crippen molar-refractivity contribution in [3.8, 4) is 5.75 Å². The molecule has 0 bridgehead atoms. The van der Waals surface area contributed by atoms with Gasteiger partial charge in [-0.2, -0.15) is 0 Å². The Bertz CT molecular complexity index is 483. The number of pyridine rings is 1. The molecular formula is C8H7NO2S. The van der Waals surface area contributed by atoms with Crippen LogP contribution < -0.4 is 5.56 Å². The van der Waals surface area contributed by atoms with Crippen LogP contribution in [0.1, 0.15) is 0 Å². The maximum Gasteiger partial charge on any atom is 0.254 e. The molecule has 0 atom stereocenters. The second kappa shape index (κ2) is 2.35. The summed E-state index contributed by atoms with van der Waals surface area (Å²) >= 11 is 1.43. The lowest BCUT2D eigenvalue weighted by molar-refractivity contribution is 0.480. The monoisotopic (exact) mass is 181 g/mol. The van der Waals surface area contributed by atoms with Gasteiger partial charge in [0.15, 0.2) is 0 Å². The first-order valence-electron chi connectivity index (χ1n) is 3.46. The van der Waals surface area contributed by atoms with E-state index < -0.39 is 0 Å². The number of fused-ring (bicyclic) bond motifs is 1. The third-order valence-electron chi connectivity index (χ3n) is 1.83. The maximum atomic E-state index is 11.2. The van der Waals surface area contributed by atoms with Crippen LogP contribution in [0.2, 0.25) is 0 Å². The van der Waals surface area contributed by atoms with Gasteiger partial charge in [-0.3, -0.25) is 4.79 Å². The summed E-state index contributed by atoms with van der Waals surface area (Å²) in [4.78, 5) is 11.2. The largest absolute Gasteiger partial charge is 0.506 e. The van der Waals surface area contributed by atoms with E-state index in [4.69, 9.17) is 0 Å². The van der Waals surface area contributed by atoms with Crippen molar-refractivity contribution in [1.82, 2.24) is 4.57 Å². The van der Waals surface area contributed by atoms with Gasteiger partial charge in [0.25, 0.3) is 5.56 Å². The number of hydrogen-bond acceptors (Lipinski definition) is 3. The number of aromatic nitrogens is 1. The van der Waals surface area contributed by atoms with E-state index >= 15 is 0 Å². The van der Waals surface area contributed by atoms with Crippen molar-refractivity contribution in [1.29, 1.82) is 0 Å². The quantitative estimate of drug-likeness (QED) is 0.665. The molecule has 0 saturated carbocycles. The standard InChI is InChI=1S/C8H7NO2S/c1-9-5-2-3-12-8(5)6(10)4-7(9)11/h2-4,10H,1H3. The van der Waals surface area contributed by atoms with Crippen LogP contribution in [-0.2, 0) is 7.05 Å². The van der Waals surface area contributed by atoms with Crippen molar-refractivity contribution in [2.45, 2.75) is 0 Å². The van der Waals surface area contributed by atoms with Crippen LogP contribution in [0.4, 0.5) is 0 Å². The number of thiophene rings is 1. The average molecular weight is 181 g/mol. The van der Waals surface area contributed by atoms with E-state index in [0.717, 1.165) is 10.2 Å². The number of rotatable bonds is 0. The summed E-state index contributed by atoms with van der Waals surface area (Å²) in [7, 11) is 1.69. The summed E-state index contributed by atoms with van der Waals surface area (Å²) in [5.41, 5.74) is 0.600. The molecule has 2 heterocycles. The van der Waals surface area contributed by atoms with E-state index in [1.54, 1.807) is 7.05 Å². The lowest BCUT2D eigenvalue weighted by Gasteiger charge is -1.99. The maximum absolute atomic E-state index is 11.2. The zero-order valence-corrected chi connectivity index (χ0v) is 7.26. The molecule has 3 nitrogen and oxygen atoms in total. The molecule has 0 aliphatic carbocycles. The van der Waals surface area contributed by atoms with E-state index in [1.807, 2.05) is 11.4 Å². The van der Waals surface area contributed by atoms with E-state index in [2.05, 4.69) is 0 Å². The Morgan fingerprint density at radius 3 is 3.08 bits per heavy atom. The van der Waals surface area contributed by atoms with Gasteiger partial charge in [0.2, 0.25) is 0 Å². The number of aryl methyl sites for hydroxylation is 1. The van der Waals surface area contributed by atoms with Crippen LogP contribution in [0.3, 0.4) is 0 Å². The van der Waals surface area contributed by atoms with Gasteiger partial charge in [-0.05, 0) is 11.4 Å². The first kappa shape index (κ1) is 7.36. The molecule has 0 aliphatic heterocycles. The summed E-state index contributed by atoms with van der Waals surface area (Å²) in [6.07, 6.45) is 0. The molecule has 62 valence electrons. The molecule has 12 heavy (non-hydrogen) atoms. The Morgan fingerprint density at radius 1 is 1.58 bits per heavy atom. The SMILES string of the molecule is Cn1c(=O)cc(O)c2sccc21. The zero-order chi connectivity index (χ0) is 8.72. The van der Waals surface area contributed by atoms with Gasteiger partial charge in [0.05, 0.1) is 10.2 Å². The first-order chi connectivity index (χ1) is 5.70. The predicted octanol–water partition coefficient (Wildman–Crippen LogP) is 1.31. The summed E-state index contributed by atoms with van der Waals surface area (Å²) in [6, 6.07) is 3.06. The molecule has 2 rings (SSSR count). The second-order valence-electron chi connectivity index (χ2n) is 2.56. The molecule has 0 radical (unpaired) electrons. The molecule has 0 unspecified atom stereocenters. The minimum absolute atomic E-state index is 0.0723. The highest BCUT2D eigenvalue weighted by atomic mass is 32.1. The third-order valence-corrected chi connectivity index (χ3v) is 2.76. The Labute approximate surface area is 72.5 Å². The Kier molecular flexibility index (Phi) is 1.44. The smallest absolute Gasteiger partial charge is 0.254 e. The topological polar surface area (TPSA) is 42.2 Å². The summed E-state index contributed by atoms with van der Waals surface area (Å²) < 4.78 is 2.28. The summed E-state index contributed by atoms with van der Waals surface area (Å²) in [6.45, 7) is 0. The Balaban J connectivity index is 3.07. The van der Waals surface area contributed by atoms with Crippen LogP contribution in [-0.4, -0.2) is 9.67 Å². The number of nitrogens with zero attached hydrogens (tertiary/aromatic N) is 1. The normalized spacial score (nSPS) is 10.8. The summed E-state index contributed by atoms with van der Waals surface area (Å²) in [5.74, 6) is 0.0723. The molecule has 4 heteroatoms. The molecular weight excluding hydrogens is 174 g/mol. The fourth-order valence-corrected chi connectivity index (χ4v) is 1.99. The van der Waals surface area contributed by atoms with Gasteiger partial charge < -0.3 is 9.67 Å². The van der Waals surface area contributed by atoms with Gasteiger partial charge in [-0.15, -0.1) is 11.3 Å². The molecule has 2 aromatic rings. The zero-order valence-electron chi connectivity index (χ0n) is 6.44. The summed E-state index contributed by atoms with van der Waals surface area (Å²) in [5, 5.41) is 11.2. The fraction of sp³-hybridized carbons (Fsp3) is 0.125. The second-order valence-corrected chi connectivity index (χ2v) is 3.48. The molecule has 0 spiro atoms. The lowest BCUT2D eigenvalue weighted by atomic mass is 10.3.